The Morgan fingerprint density at radius 3 is 2.54 bits per heavy atom. The number of hydrogen-bond donors (Lipinski definition) is 2. The molecule has 0 bridgehead atoms. The van der Waals surface area contributed by atoms with Crippen LogP contribution >= 0.6 is 0 Å². The van der Waals surface area contributed by atoms with Gasteiger partial charge in [0.25, 0.3) is 0 Å². The minimum absolute atomic E-state index is 0.0377. The molecule has 0 radical (unpaired) electrons. The number of rotatable bonds is 6. The lowest BCUT2D eigenvalue weighted by Crippen LogP contribution is -2.42. The molecule has 2 N–H and O–H groups in total. The van der Waals surface area contributed by atoms with Crippen molar-refractivity contribution >= 4 is 23.4 Å². The molecule has 0 aliphatic heterocycles. The van der Waals surface area contributed by atoms with Crippen molar-refractivity contribution in [1.82, 2.24) is 10.2 Å². The highest BCUT2D eigenvalue weighted by Gasteiger charge is 2.39. The second-order valence-corrected chi connectivity index (χ2v) is 6.58. The lowest BCUT2D eigenvalue weighted by molar-refractivity contribution is -0.134. The van der Waals surface area contributed by atoms with E-state index in [4.69, 9.17) is 0 Å². The molecule has 0 saturated heterocycles. The largest absolute Gasteiger partial charge is 0.347 e. The third-order valence-corrected chi connectivity index (χ3v) is 4.55. The molecule has 0 aromatic heterocycles. The molecule has 1 aliphatic rings. The van der Waals surface area contributed by atoms with Crippen molar-refractivity contribution in [3.8, 4) is 0 Å². The fourth-order valence-corrected chi connectivity index (χ4v) is 2.50. The summed E-state index contributed by atoms with van der Waals surface area (Å²) in [4.78, 5) is 37.1. The fourth-order valence-electron chi connectivity index (χ4n) is 2.50. The van der Waals surface area contributed by atoms with E-state index in [9.17, 15) is 14.4 Å². The van der Waals surface area contributed by atoms with Gasteiger partial charge in [-0.1, -0.05) is 19.1 Å². The van der Waals surface area contributed by atoms with Crippen molar-refractivity contribution in [2.75, 3.05) is 25.5 Å². The smallest absolute Gasteiger partial charge is 0.243 e. The van der Waals surface area contributed by atoms with Gasteiger partial charge in [-0.25, -0.2) is 0 Å². The Morgan fingerprint density at radius 1 is 1.25 bits per heavy atom. The number of anilines is 1. The first-order valence-electron chi connectivity index (χ1n) is 8.17. The first-order valence-corrected chi connectivity index (χ1v) is 8.17. The van der Waals surface area contributed by atoms with Crippen molar-refractivity contribution < 1.29 is 14.4 Å². The molecule has 1 saturated carbocycles. The molecule has 6 nitrogen and oxygen atoms in total. The summed E-state index contributed by atoms with van der Waals surface area (Å²) in [6.45, 7) is 5.80. The van der Waals surface area contributed by atoms with Gasteiger partial charge in [0.15, 0.2) is 0 Å². The molecule has 1 fully saturated rings. The number of likely N-dealkylation sites (N-methyl/N-ethyl adjacent to an activating group) is 1. The predicted octanol–water partition coefficient (Wildman–Crippen LogP) is 1.47. The van der Waals surface area contributed by atoms with E-state index in [0.29, 0.717) is 5.92 Å². The Balaban J connectivity index is 1.79. The van der Waals surface area contributed by atoms with Gasteiger partial charge in [-0.15, -0.1) is 0 Å². The van der Waals surface area contributed by atoms with Gasteiger partial charge in [-0.2, -0.15) is 0 Å². The van der Waals surface area contributed by atoms with E-state index in [2.05, 4.69) is 10.6 Å². The molecule has 6 heteroatoms. The van der Waals surface area contributed by atoms with Gasteiger partial charge >= 0.3 is 0 Å². The highest BCUT2D eigenvalue weighted by Crippen LogP contribution is 2.37. The van der Waals surface area contributed by atoms with E-state index >= 15 is 0 Å². The number of aryl methyl sites for hydroxylation is 1. The Labute approximate surface area is 142 Å². The van der Waals surface area contributed by atoms with E-state index in [0.717, 1.165) is 23.2 Å². The first kappa shape index (κ1) is 18.0. The van der Waals surface area contributed by atoms with Crippen LogP contribution in [-0.2, 0) is 14.4 Å². The van der Waals surface area contributed by atoms with E-state index in [-0.39, 0.29) is 36.7 Å². The number of benzene rings is 1. The maximum Gasteiger partial charge on any atom is 0.243 e. The first-order chi connectivity index (χ1) is 11.3. The van der Waals surface area contributed by atoms with Crippen LogP contribution in [0.2, 0.25) is 0 Å². The second-order valence-electron chi connectivity index (χ2n) is 6.58. The van der Waals surface area contributed by atoms with Gasteiger partial charge < -0.3 is 15.5 Å². The van der Waals surface area contributed by atoms with Crippen LogP contribution in [0.15, 0.2) is 18.2 Å². The summed E-state index contributed by atoms with van der Waals surface area (Å²) in [6.07, 6.45) is 0.883. The zero-order chi connectivity index (χ0) is 17.9. The lowest BCUT2D eigenvalue weighted by atomic mass is 10.1. The Morgan fingerprint density at radius 2 is 1.92 bits per heavy atom. The van der Waals surface area contributed by atoms with E-state index in [1.807, 2.05) is 39.0 Å². The van der Waals surface area contributed by atoms with Crippen LogP contribution in [0.1, 0.15) is 24.5 Å². The molecule has 24 heavy (non-hydrogen) atoms. The number of nitrogens with zero attached hydrogens (tertiary/aromatic N) is 1. The molecule has 2 atom stereocenters. The topological polar surface area (TPSA) is 78.5 Å². The quantitative estimate of drug-likeness (QED) is 0.828. The number of carbonyl (C=O) groups is 3. The maximum atomic E-state index is 12.1. The minimum atomic E-state index is -0.284. The number of amides is 3. The van der Waals surface area contributed by atoms with Crippen LogP contribution in [-0.4, -0.2) is 42.8 Å². The highest BCUT2D eigenvalue weighted by molar-refractivity contribution is 5.96. The number of hydrogen-bond acceptors (Lipinski definition) is 3. The molecule has 0 spiro atoms. The zero-order valence-corrected chi connectivity index (χ0v) is 14.7. The lowest BCUT2D eigenvalue weighted by Gasteiger charge is -2.18. The molecular formula is C18H25N3O3. The summed E-state index contributed by atoms with van der Waals surface area (Å²) >= 11 is 0. The van der Waals surface area contributed by atoms with Crippen LogP contribution < -0.4 is 10.6 Å². The van der Waals surface area contributed by atoms with E-state index < -0.39 is 0 Å². The van der Waals surface area contributed by atoms with Crippen LogP contribution in [0.3, 0.4) is 0 Å². The van der Waals surface area contributed by atoms with Gasteiger partial charge in [0.05, 0.1) is 13.1 Å². The molecular weight excluding hydrogens is 306 g/mol. The third kappa shape index (κ3) is 4.57. The van der Waals surface area contributed by atoms with Gasteiger partial charge in [0, 0.05) is 18.7 Å². The summed E-state index contributed by atoms with van der Waals surface area (Å²) in [5.41, 5.74) is 2.84. The Kier molecular flexibility index (Phi) is 5.59. The van der Waals surface area contributed by atoms with Crippen molar-refractivity contribution in [3.05, 3.63) is 29.3 Å². The predicted molar refractivity (Wildman–Crippen MR) is 92.5 cm³/mol. The normalized spacial score (nSPS) is 18.7. The molecule has 2 rings (SSSR count). The van der Waals surface area contributed by atoms with Gasteiger partial charge in [-0.05, 0) is 43.4 Å². The van der Waals surface area contributed by atoms with Gasteiger partial charge in [0.2, 0.25) is 17.7 Å². The summed E-state index contributed by atoms with van der Waals surface area (Å²) in [5.74, 6) is -0.185. The summed E-state index contributed by atoms with van der Waals surface area (Å²) in [7, 11) is 1.55. The fraction of sp³-hybridized carbons (Fsp3) is 0.500. The van der Waals surface area contributed by atoms with Crippen molar-refractivity contribution in [1.29, 1.82) is 0 Å². The van der Waals surface area contributed by atoms with E-state index in [1.54, 1.807) is 7.05 Å². The molecule has 130 valence electrons. The van der Waals surface area contributed by atoms with E-state index in [1.165, 1.54) is 4.90 Å². The molecule has 3 amide bonds. The molecule has 0 heterocycles. The van der Waals surface area contributed by atoms with Crippen LogP contribution in [0, 0.1) is 25.7 Å². The Hall–Kier alpha value is -2.37. The van der Waals surface area contributed by atoms with Crippen molar-refractivity contribution in [2.45, 2.75) is 27.2 Å². The molecule has 1 aromatic carbocycles. The Bertz CT molecular complexity index is 657. The summed E-state index contributed by atoms with van der Waals surface area (Å²) in [6, 6.07) is 5.68. The van der Waals surface area contributed by atoms with Crippen molar-refractivity contribution in [2.24, 2.45) is 11.8 Å². The van der Waals surface area contributed by atoms with Gasteiger partial charge in [-0.3, -0.25) is 14.4 Å². The zero-order valence-electron chi connectivity index (χ0n) is 14.7. The molecule has 1 aromatic rings. The summed E-state index contributed by atoms with van der Waals surface area (Å²) in [5, 5.41) is 5.45. The van der Waals surface area contributed by atoms with Gasteiger partial charge in [0.1, 0.15) is 0 Å². The molecule has 0 unspecified atom stereocenters. The van der Waals surface area contributed by atoms with Crippen LogP contribution in [0.25, 0.3) is 0 Å². The number of carbonyl (C=O) groups excluding carboxylic acids is 3. The van der Waals surface area contributed by atoms with Crippen molar-refractivity contribution in [3.63, 3.8) is 0 Å². The number of nitrogens with one attached hydrogen (secondary N) is 2. The average molecular weight is 331 g/mol. The minimum Gasteiger partial charge on any atom is -0.347 e. The summed E-state index contributed by atoms with van der Waals surface area (Å²) < 4.78 is 0. The monoisotopic (exact) mass is 331 g/mol. The SMILES string of the molecule is Cc1cccc(NC(=O)CN(C)C(=O)CNC(=O)[C@@H]2C[C@@H]2C)c1C. The van der Waals surface area contributed by atoms with Crippen LogP contribution in [0.4, 0.5) is 5.69 Å². The van der Waals surface area contributed by atoms with Crippen LogP contribution in [0.5, 0.6) is 0 Å². The standard InChI is InChI=1S/C18H25N3O3/c1-11-6-5-7-15(13(11)3)20-16(22)10-21(4)17(23)9-19-18(24)14-8-12(14)2/h5-7,12,14H,8-10H2,1-4H3,(H,19,24)(H,20,22)/t12-,14+/m0/s1. The second kappa shape index (κ2) is 7.47. The average Bonchev–Trinajstić information content (AvgIpc) is 3.26. The molecule has 1 aliphatic carbocycles. The highest BCUT2D eigenvalue weighted by atomic mass is 16.2. The third-order valence-electron chi connectivity index (χ3n) is 4.55. The maximum absolute atomic E-state index is 12.1.